The van der Waals surface area contributed by atoms with E-state index in [2.05, 4.69) is 0 Å². The third kappa shape index (κ3) is 4.32. The van der Waals surface area contributed by atoms with Gasteiger partial charge >= 0.3 is 5.97 Å². The molecule has 0 spiro atoms. The van der Waals surface area contributed by atoms with E-state index in [4.69, 9.17) is 39.5 Å². The quantitative estimate of drug-likeness (QED) is 0.498. The minimum absolute atomic E-state index is 0.0146. The summed E-state index contributed by atoms with van der Waals surface area (Å²) in [5.74, 6) is -1.89. The molecule has 3 rings (SSSR count). The van der Waals surface area contributed by atoms with Gasteiger partial charge in [-0.25, -0.2) is 0 Å². The van der Waals surface area contributed by atoms with Crippen molar-refractivity contribution in [2.24, 2.45) is 5.92 Å². The van der Waals surface area contributed by atoms with E-state index in [1.54, 1.807) is 18.2 Å². The maximum Gasteiger partial charge on any atom is 0.311 e. The zero-order valence-electron chi connectivity index (χ0n) is 14.9. The molecule has 0 radical (unpaired) electrons. The topological polar surface area (TPSA) is 63.7 Å². The van der Waals surface area contributed by atoms with Crippen LogP contribution in [0.3, 0.4) is 0 Å². The van der Waals surface area contributed by atoms with Gasteiger partial charge in [0.1, 0.15) is 0 Å². The van der Waals surface area contributed by atoms with Gasteiger partial charge in [0.2, 0.25) is 11.7 Å². The summed E-state index contributed by atoms with van der Waals surface area (Å²) in [6.45, 7) is 1.53. The van der Waals surface area contributed by atoms with E-state index in [1.165, 1.54) is 23.1 Å². The Bertz CT molecular complexity index is 960. The molecule has 0 N–H and O–H groups in total. The number of ketones is 1. The molecule has 2 aromatic carbocycles. The molecule has 1 atom stereocenters. The number of nitrogens with zero attached hydrogens (tertiary/aromatic N) is 1. The van der Waals surface area contributed by atoms with Crippen LogP contribution in [0.4, 0.5) is 5.69 Å². The fraction of sp³-hybridized carbons (Fsp3) is 0.250. The number of ether oxygens (including phenoxy) is 1. The maximum absolute atomic E-state index is 12.4. The molecule has 0 aromatic heterocycles. The highest BCUT2D eigenvalue weighted by molar-refractivity contribution is 6.37. The molecular formula is C20H16Cl3NO4. The SMILES string of the molecule is Cc1c(Cl)cccc1N1C[C@@H](C(=O)OCC(=O)c2ccc(Cl)cc2Cl)CC1=O. The molecule has 146 valence electrons. The second kappa shape index (κ2) is 8.52. The fourth-order valence-electron chi connectivity index (χ4n) is 3.03. The molecule has 0 unspecified atom stereocenters. The molecule has 1 heterocycles. The predicted molar refractivity (Wildman–Crippen MR) is 108 cm³/mol. The van der Waals surface area contributed by atoms with Gasteiger partial charge in [-0.05, 0) is 42.8 Å². The smallest absolute Gasteiger partial charge is 0.311 e. The second-order valence-electron chi connectivity index (χ2n) is 6.44. The number of amides is 1. The highest BCUT2D eigenvalue weighted by Gasteiger charge is 2.37. The summed E-state index contributed by atoms with van der Waals surface area (Å²) >= 11 is 17.9. The normalized spacial score (nSPS) is 16.4. The number of hydrogen-bond donors (Lipinski definition) is 0. The Kier molecular flexibility index (Phi) is 6.28. The summed E-state index contributed by atoms with van der Waals surface area (Å²) in [7, 11) is 0. The first-order valence-corrected chi connectivity index (χ1v) is 9.61. The Balaban J connectivity index is 1.63. The Morgan fingerprint density at radius 3 is 2.61 bits per heavy atom. The van der Waals surface area contributed by atoms with Crippen molar-refractivity contribution in [3.63, 3.8) is 0 Å². The van der Waals surface area contributed by atoms with Crippen LogP contribution in [0, 0.1) is 12.8 Å². The lowest BCUT2D eigenvalue weighted by Gasteiger charge is -2.19. The standard InChI is InChI=1S/C20H16Cl3NO4/c1-11-15(22)3-2-4-17(11)24-9-12(7-19(24)26)20(27)28-10-18(25)14-6-5-13(21)8-16(14)23/h2-6,8,12H,7,9-10H2,1H3/t12-/m0/s1. The van der Waals surface area contributed by atoms with Crippen molar-refractivity contribution in [3.8, 4) is 0 Å². The van der Waals surface area contributed by atoms with Gasteiger partial charge in [-0.3, -0.25) is 14.4 Å². The molecule has 1 aliphatic rings. The van der Waals surface area contributed by atoms with Crippen LogP contribution in [0.15, 0.2) is 36.4 Å². The van der Waals surface area contributed by atoms with Crippen molar-refractivity contribution in [2.45, 2.75) is 13.3 Å². The summed E-state index contributed by atoms with van der Waals surface area (Å²) in [5.41, 5.74) is 1.65. The highest BCUT2D eigenvalue weighted by Crippen LogP contribution is 2.32. The lowest BCUT2D eigenvalue weighted by atomic mass is 10.1. The molecule has 1 aliphatic heterocycles. The van der Waals surface area contributed by atoms with Crippen molar-refractivity contribution in [1.29, 1.82) is 0 Å². The number of carbonyl (C=O) groups is 3. The van der Waals surface area contributed by atoms with E-state index in [0.717, 1.165) is 5.56 Å². The van der Waals surface area contributed by atoms with Crippen LogP contribution in [0.5, 0.6) is 0 Å². The molecule has 1 saturated heterocycles. The van der Waals surface area contributed by atoms with Crippen LogP contribution in [-0.2, 0) is 14.3 Å². The number of rotatable bonds is 5. The molecule has 1 amide bonds. The van der Waals surface area contributed by atoms with Crippen LogP contribution in [0.1, 0.15) is 22.3 Å². The average molecular weight is 441 g/mol. The monoisotopic (exact) mass is 439 g/mol. The molecule has 0 saturated carbocycles. The van der Waals surface area contributed by atoms with E-state index in [1.807, 2.05) is 6.92 Å². The third-order valence-corrected chi connectivity index (χ3v) is 5.52. The van der Waals surface area contributed by atoms with Gasteiger partial charge in [0, 0.05) is 34.3 Å². The molecule has 0 aliphatic carbocycles. The number of anilines is 1. The molecular weight excluding hydrogens is 425 g/mol. The van der Waals surface area contributed by atoms with Crippen LogP contribution < -0.4 is 4.90 Å². The van der Waals surface area contributed by atoms with Crippen molar-refractivity contribution in [2.75, 3.05) is 18.1 Å². The predicted octanol–water partition coefficient (Wildman–Crippen LogP) is 4.73. The first-order valence-electron chi connectivity index (χ1n) is 8.48. The number of halogens is 3. The third-order valence-electron chi connectivity index (χ3n) is 4.57. The fourth-order valence-corrected chi connectivity index (χ4v) is 3.72. The van der Waals surface area contributed by atoms with Crippen molar-refractivity contribution >= 4 is 58.1 Å². The maximum atomic E-state index is 12.4. The minimum atomic E-state index is -0.653. The van der Waals surface area contributed by atoms with Crippen LogP contribution in [-0.4, -0.2) is 30.8 Å². The zero-order valence-corrected chi connectivity index (χ0v) is 17.1. The molecule has 1 fully saturated rings. The van der Waals surface area contributed by atoms with Gasteiger partial charge in [-0.15, -0.1) is 0 Å². The van der Waals surface area contributed by atoms with Crippen LogP contribution >= 0.6 is 34.8 Å². The molecule has 28 heavy (non-hydrogen) atoms. The van der Waals surface area contributed by atoms with Gasteiger partial charge < -0.3 is 9.64 Å². The van der Waals surface area contributed by atoms with Crippen LogP contribution in [0.25, 0.3) is 0 Å². The average Bonchev–Trinajstić information content (AvgIpc) is 3.03. The van der Waals surface area contributed by atoms with Gasteiger partial charge in [0.25, 0.3) is 0 Å². The number of Topliss-reactive ketones (excluding diaryl/α,β-unsaturated/α-hetero) is 1. The number of hydrogen-bond acceptors (Lipinski definition) is 4. The minimum Gasteiger partial charge on any atom is -0.457 e. The van der Waals surface area contributed by atoms with E-state index >= 15 is 0 Å². The summed E-state index contributed by atoms with van der Waals surface area (Å²) in [6.07, 6.45) is 0.0146. The number of benzene rings is 2. The first kappa shape index (κ1) is 20.6. The van der Waals surface area contributed by atoms with E-state index in [0.29, 0.717) is 15.7 Å². The second-order valence-corrected chi connectivity index (χ2v) is 7.70. The largest absolute Gasteiger partial charge is 0.457 e. The molecule has 8 heteroatoms. The van der Waals surface area contributed by atoms with Crippen molar-refractivity contribution in [1.82, 2.24) is 0 Å². The van der Waals surface area contributed by atoms with E-state index in [9.17, 15) is 14.4 Å². The Hall–Kier alpha value is -2.08. The summed E-state index contributed by atoms with van der Waals surface area (Å²) < 4.78 is 5.13. The zero-order chi connectivity index (χ0) is 20.4. The molecule has 5 nitrogen and oxygen atoms in total. The Morgan fingerprint density at radius 1 is 1.14 bits per heavy atom. The lowest BCUT2D eigenvalue weighted by Crippen LogP contribution is -2.27. The van der Waals surface area contributed by atoms with Gasteiger partial charge in [0.15, 0.2) is 6.61 Å². The van der Waals surface area contributed by atoms with Crippen molar-refractivity contribution < 1.29 is 19.1 Å². The number of carbonyl (C=O) groups excluding carboxylic acids is 3. The Labute approximate surface area is 177 Å². The van der Waals surface area contributed by atoms with E-state index in [-0.39, 0.29) is 29.5 Å². The summed E-state index contributed by atoms with van der Waals surface area (Å²) in [6, 6.07) is 9.71. The van der Waals surface area contributed by atoms with Gasteiger partial charge in [0.05, 0.1) is 10.9 Å². The van der Waals surface area contributed by atoms with Gasteiger partial charge in [-0.1, -0.05) is 40.9 Å². The molecule has 0 bridgehead atoms. The summed E-state index contributed by atoms with van der Waals surface area (Å²) in [4.78, 5) is 38.5. The van der Waals surface area contributed by atoms with Crippen molar-refractivity contribution in [3.05, 3.63) is 62.6 Å². The highest BCUT2D eigenvalue weighted by atomic mass is 35.5. The number of esters is 1. The molecule has 2 aromatic rings. The lowest BCUT2D eigenvalue weighted by molar-refractivity contribution is -0.147. The Morgan fingerprint density at radius 2 is 1.89 bits per heavy atom. The first-order chi connectivity index (χ1) is 13.3. The van der Waals surface area contributed by atoms with Crippen LogP contribution in [0.2, 0.25) is 15.1 Å². The van der Waals surface area contributed by atoms with Gasteiger partial charge in [-0.2, -0.15) is 0 Å². The van der Waals surface area contributed by atoms with E-state index < -0.39 is 24.3 Å². The summed E-state index contributed by atoms with van der Waals surface area (Å²) in [5, 5.41) is 1.13.